The van der Waals surface area contributed by atoms with Gasteiger partial charge in [0.05, 0.1) is 18.6 Å². The van der Waals surface area contributed by atoms with Crippen LogP contribution in [0.1, 0.15) is 25.7 Å². The molecule has 2 heterocycles. The highest BCUT2D eigenvalue weighted by Crippen LogP contribution is 2.40. The normalized spacial score (nSPS) is 37.8. The first-order valence-electron chi connectivity index (χ1n) is 9.84. The molecule has 154 valence electrons. The van der Waals surface area contributed by atoms with Crippen LogP contribution in [0, 0.1) is 5.92 Å². The number of nitrogens with zero attached hydrogens (tertiary/aromatic N) is 1. The predicted octanol–water partition coefficient (Wildman–Crippen LogP) is 1.36. The number of amides is 3. The monoisotopic (exact) mass is 392 g/mol. The maximum absolute atomic E-state index is 12.9. The molecule has 8 nitrogen and oxygen atoms in total. The van der Waals surface area contributed by atoms with Gasteiger partial charge < -0.3 is 18.9 Å². The zero-order chi connectivity index (χ0) is 19.8. The Hall–Kier alpha value is -1.74. The van der Waals surface area contributed by atoms with Gasteiger partial charge in [0.15, 0.2) is 6.23 Å². The van der Waals surface area contributed by atoms with Crippen molar-refractivity contribution in [1.82, 2.24) is 10.2 Å². The molecule has 2 aliphatic carbocycles. The topological polar surface area (TPSA) is 86.3 Å². The summed E-state index contributed by atoms with van der Waals surface area (Å²) in [4.78, 5) is 27.0. The quantitative estimate of drug-likeness (QED) is 0.760. The van der Waals surface area contributed by atoms with E-state index in [0.717, 1.165) is 25.7 Å². The summed E-state index contributed by atoms with van der Waals surface area (Å²) < 4.78 is 22.7. The number of allylic oxidation sites excluding steroid dienone is 2. The zero-order valence-corrected chi connectivity index (χ0v) is 16.6. The highest BCUT2D eigenvalue weighted by atomic mass is 16.6. The predicted molar refractivity (Wildman–Crippen MR) is 99.4 cm³/mol. The number of fused-ring (bicyclic) bond motifs is 2. The Bertz CT molecular complexity index is 705. The molecule has 6 unspecified atom stereocenters. The smallest absolute Gasteiger partial charge is 0.326 e. The van der Waals surface area contributed by atoms with Crippen molar-refractivity contribution in [2.45, 2.75) is 56.3 Å². The molecular formula is C20H28N2O6. The summed E-state index contributed by atoms with van der Waals surface area (Å²) in [6.07, 6.45) is 6.43. The highest BCUT2D eigenvalue weighted by molar-refractivity contribution is 6.00. The first kappa shape index (κ1) is 19.6. The molecule has 2 aliphatic heterocycles. The minimum absolute atomic E-state index is 0.261. The Kier molecular flexibility index (Phi) is 5.55. The molecule has 0 spiro atoms. The van der Waals surface area contributed by atoms with Gasteiger partial charge in [0, 0.05) is 21.3 Å². The molecule has 0 radical (unpaired) electrons. The number of ether oxygens (including phenoxy) is 4. The highest BCUT2D eigenvalue weighted by Gasteiger charge is 2.54. The fourth-order valence-electron chi connectivity index (χ4n) is 4.88. The molecule has 0 aromatic rings. The fraction of sp³-hybridized carbons (Fsp3) is 0.700. The van der Waals surface area contributed by atoms with Crippen LogP contribution in [0.25, 0.3) is 0 Å². The van der Waals surface area contributed by atoms with Crippen LogP contribution in [0.4, 0.5) is 4.79 Å². The van der Waals surface area contributed by atoms with E-state index in [4.69, 9.17) is 18.9 Å². The van der Waals surface area contributed by atoms with Crippen LogP contribution in [-0.2, 0) is 23.7 Å². The maximum Gasteiger partial charge on any atom is 0.326 e. The molecule has 0 aromatic heterocycles. The minimum Gasteiger partial charge on any atom is -0.382 e. The summed E-state index contributed by atoms with van der Waals surface area (Å²) >= 11 is 0. The molecule has 0 bridgehead atoms. The molecule has 1 N–H and O–H groups in total. The van der Waals surface area contributed by atoms with E-state index >= 15 is 0 Å². The third kappa shape index (κ3) is 3.18. The van der Waals surface area contributed by atoms with E-state index in [1.807, 2.05) is 6.08 Å². The van der Waals surface area contributed by atoms with Crippen LogP contribution in [0.2, 0.25) is 0 Å². The first-order chi connectivity index (χ1) is 13.6. The number of carbonyl (C=O) groups excluding carboxylic acids is 2. The fourth-order valence-corrected chi connectivity index (χ4v) is 4.88. The third-order valence-corrected chi connectivity index (χ3v) is 6.20. The van der Waals surface area contributed by atoms with E-state index in [9.17, 15) is 9.59 Å². The standard InChI is InChI=1S/C20H28N2O6/c1-25-10-15-16(26-2)17(27-3)19(28-15)22-14-9-12-7-5-4-6-11(12)8-13(14)18(23)21-20(22)24/h8-9,13-17,19H,4-7,10H2,1-3H3,(H,21,23,24). The summed E-state index contributed by atoms with van der Waals surface area (Å²) in [7, 11) is 4.76. The van der Waals surface area contributed by atoms with Gasteiger partial charge in [0.1, 0.15) is 18.3 Å². The summed E-state index contributed by atoms with van der Waals surface area (Å²) in [6.45, 7) is 0.322. The molecule has 4 aliphatic rings. The van der Waals surface area contributed by atoms with Gasteiger partial charge >= 0.3 is 6.03 Å². The lowest BCUT2D eigenvalue weighted by molar-refractivity contribution is -0.134. The number of imide groups is 1. The average Bonchev–Trinajstić information content (AvgIpc) is 3.04. The molecule has 0 aromatic carbocycles. The largest absolute Gasteiger partial charge is 0.382 e. The SMILES string of the molecule is COCC1OC(N2C(=O)NC(=O)C3C=C4CCCCC4=CC32)C(OC)C1OC. The molecule has 3 amide bonds. The van der Waals surface area contributed by atoms with Crippen molar-refractivity contribution < 1.29 is 28.5 Å². The molecule has 8 heteroatoms. The van der Waals surface area contributed by atoms with Gasteiger partial charge in [-0.2, -0.15) is 0 Å². The third-order valence-electron chi connectivity index (χ3n) is 6.20. The van der Waals surface area contributed by atoms with Crippen LogP contribution < -0.4 is 5.32 Å². The number of methoxy groups -OCH3 is 3. The summed E-state index contributed by atoms with van der Waals surface area (Å²) in [5.74, 6) is -0.679. The van der Waals surface area contributed by atoms with E-state index in [1.54, 1.807) is 26.2 Å². The summed E-state index contributed by atoms with van der Waals surface area (Å²) in [5.41, 5.74) is 2.48. The minimum atomic E-state index is -0.675. The molecule has 1 saturated carbocycles. The zero-order valence-electron chi connectivity index (χ0n) is 16.6. The van der Waals surface area contributed by atoms with Crippen molar-refractivity contribution >= 4 is 11.9 Å². The number of hydrogen-bond donors (Lipinski definition) is 1. The Morgan fingerprint density at radius 3 is 2.39 bits per heavy atom. The van der Waals surface area contributed by atoms with Gasteiger partial charge in [-0.05, 0) is 36.8 Å². The van der Waals surface area contributed by atoms with Gasteiger partial charge in [-0.1, -0.05) is 12.2 Å². The van der Waals surface area contributed by atoms with Crippen molar-refractivity contribution in [2.24, 2.45) is 5.92 Å². The molecular weight excluding hydrogens is 364 g/mol. The summed E-state index contributed by atoms with van der Waals surface area (Å²) in [5, 5.41) is 2.49. The summed E-state index contributed by atoms with van der Waals surface area (Å²) in [6, 6.07) is -0.852. The molecule has 2 saturated heterocycles. The van der Waals surface area contributed by atoms with E-state index in [0.29, 0.717) is 6.61 Å². The van der Waals surface area contributed by atoms with Gasteiger partial charge in [0.2, 0.25) is 5.91 Å². The lowest BCUT2D eigenvalue weighted by Gasteiger charge is -2.44. The molecule has 4 rings (SSSR count). The van der Waals surface area contributed by atoms with Gasteiger partial charge in [0.25, 0.3) is 0 Å². The van der Waals surface area contributed by atoms with Crippen molar-refractivity contribution in [3.63, 3.8) is 0 Å². The van der Waals surface area contributed by atoms with Gasteiger partial charge in [-0.15, -0.1) is 0 Å². The maximum atomic E-state index is 12.9. The second-order valence-corrected chi connectivity index (χ2v) is 7.73. The van der Waals surface area contributed by atoms with Crippen LogP contribution in [0.15, 0.2) is 23.3 Å². The number of urea groups is 1. The van der Waals surface area contributed by atoms with Crippen molar-refractivity contribution in [3.8, 4) is 0 Å². The second-order valence-electron chi connectivity index (χ2n) is 7.73. The Morgan fingerprint density at radius 2 is 1.75 bits per heavy atom. The van der Waals surface area contributed by atoms with Crippen LogP contribution in [0.3, 0.4) is 0 Å². The number of carbonyl (C=O) groups is 2. The Balaban J connectivity index is 1.67. The lowest BCUT2D eigenvalue weighted by Crippen LogP contribution is -2.64. The van der Waals surface area contributed by atoms with Crippen molar-refractivity contribution in [2.75, 3.05) is 27.9 Å². The lowest BCUT2D eigenvalue weighted by atomic mass is 9.78. The molecule has 28 heavy (non-hydrogen) atoms. The van der Waals surface area contributed by atoms with E-state index in [-0.39, 0.29) is 24.2 Å². The van der Waals surface area contributed by atoms with Crippen LogP contribution in [-0.4, -0.2) is 75.4 Å². The van der Waals surface area contributed by atoms with Crippen molar-refractivity contribution in [1.29, 1.82) is 0 Å². The molecule has 6 atom stereocenters. The first-order valence-corrected chi connectivity index (χ1v) is 9.84. The van der Waals surface area contributed by atoms with E-state index in [2.05, 4.69) is 11.4 Å². The van der Waals surface area contributed by atoms with Gasteiger partial charge in [-0.25, -0.2) is 4.79 Å². The Morgan fingerprint density at radius 1 is 1.07 bits per heavy atom. The van der Waals surface area contributed by atoms with Crippen LogP contribution in [0.5, 0.6) is 0 Å². The average molecular weight is 392 g/mol. The van der Waals surface area contributed by atoms with E-state index in [1.165, 1.54) is 11.1 Å². The number of hydrogen-bond acceptors (Lipinski definition) is 6. The Labute approximate surface area is 164 Å². The van der Waals surface area contributed by atoms with Gasteiger partial charge in [-0.3, -0.25) is 15.0 Å². The number of nitrogens with one attached hydrogen (secondary N) is 1. The van der Waals surface area contributed by atoms with Crippen LogP contribution >= 0.6 is 0 Å². The molecule has 3 fully saturated rings. The van der Waals surface area contributed by atoms with E-state index < -0.39 is 24.3 Å². The second kappa shape index (κ2) is 7.94. The van der Waals surface area contributed by atoms with Crippen molar-refractivity contribution in [3.05, 3.63) is 23.3 Å². The number of rotatable bonds is 5.